The number of fused-ring (bicyclic) bond motifs is 1. The summed E-state index contributed by atoms with van der Waals surface area (Å²) >= 11 is 0. The van der Waals surface area contributed by atoms with Gasteiger partial charge >= 0.3 is 0 Å². The number of rotatable bonds is 5. The summed E-state index contributed by atoms with van der Waals surface area (Å²) in [6.45, 7) is 4.11. The summed E-state index contributed by atoms with van der Waals surface area (Å²) in [5.41, 5.74) is 3.01. The van der Waals surface area contributed by atoms with Gasteiger partial charge in [-0.1, -0.05) is 18.5 Å². The molecule has 1 aliphatic carbocycles. The predicted octanol–water partition coefficient (Wildman–Crippen LogP) is 2.88. The number of piperidine rings is 1. The maximum absolute atomic E-state index is 13.1. The number of amides is 1. The number of hydrogen-bond acceptors (Lipinski definition) is 5. The van der Waals surface area contributed by atoms with Gasteiger partial charge in [0, 0.05) is 24.2 Å². The van der Waals surface area contributed by atoms with Crippen LogP contribution in [0.15, 0.2) is 10.6 Å². The van der Waals surface area contributed by atoms with Crippen molar-refractivity contribution < 1.29 is 9.32 Å². The monoisotopic (exact) mass is 342 g/mol. The van der Waals surface area contributed by atoms with Gasteiger partial charge in [0.05, 0.1) is 16.6 Å². The Hall–Kier alpha value is -1.95. The van der Waals surface area contributed by atoms with Crippen LogP contribution in [0.2, 0.25) is 0 Å². The molecule has 134 valence electrons. The molecule has 2 aromatic heterocycles. The van der Waals surface area contributed by atoms with E-state index in [0.717, 1.165) is 68.4 Å². The molecule has 0 spiro atoms. The van der Waals surface area contributed by atoms with Gasteiger partial charge in [-0.25, -0.2) is 4.98 Å². The third kappa shape index (κ3) is 3.40. The van der Waals surface area contributed by atoms with Crippen LogP contribution in [-0.4, -0.2) is 47.1 Å². The molecule has 4 rings (SSSR count). The molecule has 1 saturated heterocycles. The maximum atomic E-state index is 13.1. The first-order valence-corrected chi connectivity index (χ1v) is 9.44. The molecule has 1 aliphatic heterocycles. The second-order valence-corrected chi connectivity index (χ2v) is 7.50. The van der Waals surface area contributed by atoms with Gasteiger partial charge in [-0.3, -0.25) is 4.79 Å². The van der Waals surface area contributed by atoms with E-state index in [1.165, 1.54) is 0 Å². The SMILES string of the molecule is CCCc1noc2nc(C3CC3)cc(C(=O)N[C@@H]3CCCN(C)C3)c12. The van der Waals surface area contributed by atoms with E-state index in [9.17, 15) is 4.79 Å². The lowest BCUT2D eigenvalue weighted by Crippen LogP contribution is -2.46. The lowest BCUT2D eigenvalue weighted by Gasteiger charge is -2.30. The minimum Gasteiger partial charge on any atom is -0.348 e. The van der Waals surface area contributed by atoms with Crippen LogP contribution in [0, 0.1) is 0 Å². The Labute approximate surface area is 148 Å². The van der Waals surface area contributed by atoms with E-state index >= 15 is 0 Å². The zero-order chi connectivity index (χ0) is 17.4. The normalized spacial score (nSPS) is 21.6. The van der Waals surface area contributed by atoms with Crippen molar-refractivity contribution in [3.8, 4) is 0 Å². The summed E-state index contributed by atoms with van der Waals surface area (Å²) in [6.07, 6.45) is 6.19. The first kappa shape index (κ1) is 16.5. The Balaban J connectivity index is 1.67. The summed E-state index contributed by atoms with van der Waals surface area (Å²) in [6, 6.07) is 2.17. The molecule has 1 amide bonds. The molecule has 0 aromatic carbocycles. The second kappa shape index (κ2) is 6.75. The van der Waals surface area contributed by atoms with Crippen LogP contribution in [0.1, 0.15) is 66.7 Å². The first-order valence-electron chi connectivity index (χ1n) is 9.44. The molecular weight excluding hydrogens is 316 g/mol. The summed E-state index contributed by atoms with van der Waals surface area (Å²) in [5, 5.41) is 8.21. The van der Waals surface area contributed by atoms with Crippen molar-refractivity contribution in [3.05, 3.63) is 23.0 Å². The van der Waals surface area contributed by atoms with E-state index in [1.54, 1.807) is 0 Å². The largest absolute Gasteiger partial charge is 0.348 e. The van der Waals surface area contributed by atoms with E-state index in [4.69, 9.17) is 4.52 Å². The average molecular weight is 342 g/mol. The molecule has 2 fully saturated rings. The lowest BCUT2D eigenvalue weighted by atomic mass is 10.0. The molecule has 6 heteroatoms. The Bertz CT molecular complexity index is 781. The number of likely N-dealkylation sites (tertiary alicyclic amines) is 1. The molecule has 1 saturated carbocycles. The fraction of sp³-hybridized carbons (Fsp3) is 0.632. The van der Waals surface area contributed by atoms with Crippen LogP contribution in [0.4, 0.5) is 0 Å². The quantitative estimate of drug-likeness (QED) is 0.905. The molecule has 2 aliphatic rings. The number of hydrogen-bond donors (Lipinski definition) is 1. The van der Waals surface area contributed by atoms with Crippen molar-refractivity contribution in [1.29, 1.82) is 0 Å². The van der Waals surface area contributed by atoms with Crippen molar-refractivity contribution in [2.24, 2.45) is 0 Å². The second-order valence-electron chi connectivity index (χ2n) is 7.50. The van der Waals surface area contributed by atoms with E-state index in [0.29, 0.717) is 17.2 Å². The number of carbonyl (C=O) groups is 1. The summed E-state index contributed by atoms with van der Waals surface area (Å²) in [7, 11) is 2.10. The topological polar surface area (TPSA) is 71.3 Å². The van der Waals surface area contributed by atoms with Crippen LogP contribution in [0.5, 0.6) is 0 Å². The van der Waals surface area contributed by atoms with Gasteiger partial charge in [-0.05, 0) is 51.8 Å². The maximum Gasteiger partial charge on any atom is 0.259 e. The number of aromatic nitrogens is 2. The Kier molecular flexibility index (Phi) is 4.46. The van der Waals surface area contributed by atoms with E-state index in [1.807, 2.05) is 6.07 Å². The van der Waals surface area contributed by atoms with Gasteiger partial charge in [0.25, 0.3) is 11.6 Å². The van der Waals surface area contributed by atoms with E-state index in [2.05, 4.69) is 34.3 Å². The molecule has 6 nitrogen and oxygen atoms in total. The van der Waals surface area contributed by atoms with Gasteiger partial charge in [-0.2, -0.15) is 0 Å². The van der Waals surface area contributed by atoms with Crippen LogP contribution in [0.3, 0.4) is 0 Å². The highest BCUT2D eigenvalue weighted by Crippen LogP contribution is 2.40. The predicted molar refractivity (Wildman–Crippen MR) is 95.8 cm³/mol. The molecule has 1 atom stereocenters. The number of aryl methyl sites for hydroxylation is 1. The van der Waals surface area contributed by atoms with E-state index < -0.39 is 0 Å². The molecule has 25 heavy (non-hydrogen) atoms. The van der Waals surface area contributed by atoms with E-state index in [-0.39, 0.29) is 11.9 Å². The highest BCUT2D eigenvalue weighted by atomic mass is 16.5. The van der Waals surface area contributed by atoms with Crippen LogP contribution in [-0.2, 0) is 6.42 Å². The Morgan fingerprint density at radius 3 is 2.96 bits per heavy atom. The smallest absolute Gasteiger partial charge is 0.259 e. The standard InChI is InChI=1S/C19H26N4O2/c1-3-5-15-17-14(18(24)20-13-6-4-9-23(2)11-13)10-16(12-7-8-12)21-19(17)25-22-15/h10,12-13H,3-9,11H2,1-2H3,(H,20,24)/t13-/m1/s1. The van der Waals surface area contributed by atoms with Crippen molar-refractivity contribution in [1.82, 2.24) is 20.4 Å². The molecule has 0 radical (unpaired) electrons. The Morgan fingerprint density at radius 2 is 2.24 bits per heavy atom. The van der Waals surface area contributed by atoms with Gasteiger partial charge in [0.15, 0.2) is 0 Å². The molecule has 1 N–H and O–H groups in total. The molecular formula is C19H26N4O2. The van der Waals surface area contributed by atoms with Gasteiger partial charge < -0.3 is 14.7 Å². The fourth-order valence-electron chi connectivity index (χ4n) is 3.75. The molecule has 3 heterocycles. The average Bonchev–Trinajstić information content (AvgIpc) is 3.37. The van der Waals surface area contributed by atoms with Gasteiger partial charge in [-0.15, -0.1) is 0 Å². The molecule has 2 aromatic rings. The number of nitrogens with zero attached hydrogens (tertiary/aromatic N) is 3. The highest BCUT2D eigenvalue weighted by Gasteiger charge is 2.29. The lowest BCUT2D eigenvalue weighted by molar-refractivity contribution is 0.0914. The summed E-state index contributed by atoms with van der Waals surface area (Å²) < 4.78 is 5.47. The minimum absolute atomic E-state index is 0.0184. The number of pyridine rings is 1. The van der Waals surface area contributed by atoms with Gasteiger partial charge in [0.1, 0.15) is 0 Å². The first-order chi connectivity index (χ1) is 12.2. The third-order valence-corrected chi connectivity index (χ3v) is 5.22. The van der Waals surface area contributed by atoms with Gasteiger partial charge in [0.2, 0.25) is 0 Å². The zero-order valence-electron chi connectivity index (χ0n) is 15.0. The van der Waals surface area contributed by atoms with Crippen LogP contribution >= 0.6 is 0 Å². The zero-order valence-corrected chi connectivity index (χ0v) is 15.0. The molecule has 0 bridgehead atoms. The number of nitrogens with one attached hydrogen (secondary N) is 1. The van der Waals surface area contributed by atoms with Crippen molar-refractivity contribution in [2.75, 3.05) is 20.1 Å². The summed E-state index contributed by atoms with van der Waals surface area (Å²) in [5.74, 6) is 0.451. The van der Waals surface area contributed by atoms with Crippen molar-refractivity contribution in [3.63, 3.8) is 0 Å². The number of likely N-dealkylation sites (N-methyl/N-ethyl adjacent to an activating group) is 1. The highest BCUT2D eigenvalue weighted by molar-refractivity contribution is 6.06. The van der Waals surface area contributed by atoms with Crippen LogP contribution in [0.25, 0.3) is 11.1 Å². The van der Waals surface area contributed by atoms with Crippen molar-refractivity contribution in [2.45, 2.75) is 57.4 Å². The Morgan fingerprint density at radius 1 is 1.40 bits per heavy atom. The fourth-order valence-corrected chi connectivity index (χ4v) is 3.75. The minimum atomic E-state index is -0.0184. The van der Waals surface area contributed by atoms with Crippen LogP contribution < -0.4 is 5.32 Å². The van der Waals surface area contributed by atoms with Crippen molar-refractivity contribution >= 4 is 17.0 Å². The number of carbonyl (C=O) groups excluding carboxylic acids is 1. The third-order valence-electron chi connectivity index (χ3n) is 5.22. The summed E-state index contributed by atoms with van der Waals surface area (Å²) in [4.78, 5) is 20.0. The molecule has 0 unspecified atom stereocenters.